The fourth-order valence-electron chi connectivity index (χ4n) is 3.44. The van der Waals surface area contributed by atoms with Crippen LogP contribution in [-0.2, 0) is 12.6 Å². The molecule has 2 saturated heterocycles. The van der Waals surface area contributed by atoms with Gasteiger partial charge in [0.25, 0.3) is 0 Å². The van der Waals surface area contributed by atoms with Crippen molar-refractivity contribution >= 4 is 0 Å². The minimum atomic E-state index is -4.23. The molecule has 3 unspecified atom stereocenters. The maximum Gasteiger partial charge on any atom is 0.416 e. The second-order valence-corrected chi connectivity index (χ2v) is 5.78. The lowest BCUT2D eigenvalue weighted by atomic mass is 9.86. The average molecular weight is 269 g/mol. The highest BCUT2D eigenvalue weighted by molar-refractivity contribution is 5.25. The van der Waals surface area contributed by atoms with Gasteiger partial charge < -0.3 is 5.32 Å². The molecular formula is C15H18F3N. The van der Waals surface area contributed by atoms with Crippen molar-refractivity contribution in [2.75, 3.05) is 0 Å². The quantitative estimate of drug-likeness (QED) is 0.861. The summed E-state index contributed by atoms with van der Waals surface area (Å²) in [6.45, 7) is 0. The molecule has 2 aliphatic rings. The number of rotatable bonds is 2. The van der Waals surface area contributed by atoms with E-state index in [1.165, 1.54) is 37.8 Å². The van der Waals surface area contributed by atoms with Gasteiger partial charge in [0.1, 0.15) is 0 Å². The smallest absolute Gasteiger partial charge is 0.311 e. The van der Waals surface area contributed by atoms with Crippen LogP contribution < -0.4 is 5.32 Å². The van der Waals surface area contributed by atoms with Crippen LogP contribution in [0.3, 0.4) is 0 Å². The lowest BCUT2D eigenvalue weighted by Gasteiger charge is -2.30. The van der Waals surface area contributed by atoms with Crippen LogP contribution in [0.2, 0.25) is 0 Å². The van der Waals surface area contributed by atoms with Gasteiger partial charge in [0.05, 0.1) is 5.56 Å². The zero-order valence-electron chi connectivity index (χ0n) is 10.7. The van der Waals surface area contributed by atoms with Crippen LogP contribution in [0.25, 0.3) is 0 Å². The Morgan fingerprint density at radius 1 is 1.00 bits per heavy atom. The fourth-order valence-corrected chi connectivity index (χ4v) is 3.44. The van der Waals surface area contributed by atoms with Gasteiger partial charge in [-0.25, -0.2) is 0 Å². The standard InChI is InChI=1S/C15H18F3N/c16-15(17,18)12-4-1-10(2-5-12)9-11-3-6-13-7-8-14(11)19-13/h1-2,4-5,11,13-14,19H,3,6-9H2. The van der Waals surface area contributed by atoms with Crippen molar-refractivity contribution in [3.8, 4) is 0 Å². The lowest BCUT2D eigenvalue weighted by molar-refractivity contribution is -0.137. The van der Waals surface area contributed by atoms with E-state index in [1.54, 1.807) is 12.1 Å². The maximum absolute atomic E-state index is 12.5. The second-order valence-electron chi connectivity index (χ2n) is 5.78. The van der Waals surface area contributed by atoms with E-state index in [-0.39, 0.29) is 0 Å². The predicted molar refractivity (Wildman–Crippen MR) is 67.8 cm³/mol. The Morgan fingerprint density at radius 3 is 2.37 bits per heavy atom. The topological polar surface area (TPSA) is 12.0 Å². The zero-order chi connectivity index (χ0) is 13.5. The number of nitrogens with one attached hydrogen (secondary N) is 1. The summed E-state index contributed by atoms with van der Waals surface area (Å²) in [4.78, 5) is 0. The van der Waals surface area contributed by atoms with Crippen LogP contribution in [0.4, 0.5) is 13.2 Å². The van der Waals surface area contributed by atoms with Crippen molar-refractivity contribution in [2.24, 2.45) is 5.92 Å². The number of fused-ring (bicyclic) bond motifs is 2. The van der Waals surface area contributed by atoms with Crippen molar-refractivity contribution in [3.05, 3.63) is 35.4 Å². The van der Waals surface area contributed by atoms with Gasteiger partial charge in [0.15, 0.2) is 0 Å². The van der Waals surface area contributed by atoms with Crippen molar-refractivity contribution in [1.82, 2.24) is 5.32 Å². The van der Waals surface area contributed by atoms with Crippen molar-refractivity contribution in [2.45, 2.75) is 50.4 Å². The summed E-state index contributed by atoms with van der Waals surface area (Å²) in [7, 11) is 0. The highest BCUT2D eigenvalue weighted by Crippen LogP contribution is 2.34. The van der Waals surface area contributed by atoms with Gasteiger partial charge in [-0.3, -0.25) is 0 Å². The Hall–Kier alpha value is -1.03. The van der Waals surface area contributed by atoms with Crippen LogP contribution >= 0.6 is 0 Å². The molecule has 3 atom stereocenters. The summed E-state index contributed by atoms with van der Waals surface area (Å²) >= 11 is 0. The Labute approximate surface area is 111 Å². The first-order valence-corrected chi connectivity index (χ1v) is 6.94. The van der Waals surface area contributed by atoms with Crippen LogP contribution in [0.5, 0.6) is 0 Å². The summed E-state index contributed by atoms with van der Waals surface area (Å²) in [5.74, 6) is 0.579. The molecule has 2 aliphatic heterocycles. The minimum absolute atomic E-state index is 0.557. The van der Waals surface area contributed by atoms with E-state index in [9.17, 15) is 13.2 Å². The molecule has 2 heterocycles. The third kappa shape index (κ3) is 2.78. The van der Waals surface area contributed by atoms with Crippen LogP contribution in [0.1, 0.15) is 36.8 Å². The summed E-state index contributed by atoms with van der Waals surface area (Å²) in [6.07, 6.45) is 1.54. The maximum atomic E-state index is 12.5. The van der Waals surface area contributed by atoms with Gasteiger partial charge in [-0.05, 0) is 55.7 Å². The average Bonchev–Trinajstić information content (AvgIpc) is 2.75. The molecule has 1 nitrogen and oxygen atoms in total. The normalized spacial score (nSPS) is 30.6. The van der Waals surface area contributed by atoms with Gasteiger partial charge in [-0.1, -0.05) is 12.1 Å². The molecule has 1 N–H and O–H groups in total. The monoisotopic (exact) mass is 269 g/mol. The molecule has 3 rings (SSSR count). The molecule has 4 heteroatoms. The Kier molecular flexibility index (Phi) is 3.29. The molecule has 2 bridgehead atoms. The molecular weight excluding hydrogens is 251 g/mol. The Morgan fingerprint density at radius 2 is 1.68 bits per heavy atom. The number of benzene rings is 1. The highest BCUT2D eigenvalue weighted by Gasteiger charge is 2.35. The second kappa shape index (κ2) is 4.82. The number of alkyl halides is 3. The first kappa shape index (κ1) is 13.0. The van der Waals surface area contributed by atoms with Crippen molar-refractivity contribution in [3.63, 3.8) is 0 Å². The van der Waals surface area contributed by atoms with Gasteiger partial charge in [0, 0.05) is 12.1 Å². The molecule has 19 heavy (non-hydrogen) atoms. The van der Waals surface area contributed by atoms with Gasteiger partial charge in [-0.2, -0.15) is 13.2 Å². The lowest BCUT2D eigenvalue weighted by Crippen LogP contribution is -2.41. The summed E-state index contributed by atoms with van der Waals surface area (Å²) in [5, 5.41) is 3.62. The Balaban J connectivity index is 1.67. The number of halogens is 3. The van der Waals surface area contributed by atoms with Crippen LogP contribution in [-0.4, -0.2) is 12.1 Å². The zero-order valence-corrected chi connectivity index (χ0v) is 10.7. The van der Waals surface area contributed by atoms with E-state index in [2.05, 4.69) is 5.32 Å². The van der Waals surface area contributed by atoms with E-state index < -0.39 is 11.7 Å². The molecule has 2 fully saturated rings. The van der Waals surface area contributed by atoms with E-state index in [4.69, 9.17) is 0 Å². The first-order chi connectivity index (χ1) is 9.02. The largest absolute Gasteiger partial charge is 0.416 e. The predicted octanol–water partition coefficient (Wildman–Crippen LogP) is 3.78. The van der Waals surface area contributed by atoms with E-state index in [1.807, 2.05) is 0 Å². The first-order valence-electron chi connectivity index (χ1n) is 6.94. The summed E-state index contributed by atoms with van der Waals surface area (Å²) < 4.78 is 37.5. The molecule has 0 spiro atoms. The van der Waals surface area contributed by atoms with Gasteiger partial charge >= 0.3 is 6.18 Å². The number of piperidine rings is 1. The summed E-state index contributed by atoms with van der Waals surface area (Å²) in [5.41, 5.74) is 0.462. The molecule has 1 aromatic carbocycles. The van der Waals surface area contributed by atoms with E-state index in [0.717, 1.165) is 12.0 Å². The molecule has 104 valence electrons. The molecule has 0 amide bonds. The van der Waals surface area contributed by atoms with Crippen LogP contribution in [0.15, 0.2) is 24.3 Å². The number of hydrogen-bond acceptors (Lipinski definition) is 1. The van der Waals surface area contributed by atoms with Gasteiger partial charge in [-0.15, -0.1) is 0 Å². The van der Waals surface area contributed by atoms with E-state index in [0.29, 0.717) is 18.0 Å². The SMILES string of the molecule is FC(F)(F)c1ccc(CC2CCC3CCC2N3)cc1. The van der Waals surface area contributed by atoms with Crippen molar-refractivity contribution < 1.29 is 13.2 Å². The number of hydrogen-bond donors (Lipinski definition) is 1. The molecule has 0 saturated carbocycles. The molecule has 0 aromatic heterocycles. The minimum Gasteiger partial charge on any atom is -0.311 e. The highest BCUT2D eigenvalue weighted by atomic mass is 19.4. The molecule has 1 aromatic rings. The molecule has 0 aliphatic carbocycles. The van der Waals surface area contributed by atoms with Crippen LogP contribution in [0, 0.1) is 5.92 Å². The fraction of sp³-hybridized carbons (Fsp3) is 0.600. The third-order valence-electron chi connectivity index (χ3n) is 4.51. The Bertz CT molecular complexity index is 438. The molecule has 0 radical (unpaired) electrons. The van der Waals surface area contributed by atoms with Crippen molar-refractivity contribution in [1.29, 1.82) is 0 Å². The van der Waals surface area contributed by atoms with Gasteiger partial charge in [0.2, 0.25) is 0 Å². The third-order valence-corrected chi connectivity index (χ3v) is 4.51. The van der Waals surface area contributed by atoms with E-state index >= 15 is 0 Å². The summed E-state index contributed by atoms with van der Waals surface area (Å²) in [6, 6.07) is 6.91.